The van der Waals surface area contributed by atoms with Gasteiger partial charge in [-0.3, -0.25) is 0 Å². The second kappa shape index (κ2) is 3.56. The molecular formula is C10H14N6O. The molecule has 0 saturated carbocycles. The molecule has 90 valence electrons. The number of nitrogens with zero attached hydrogens (tertiary/aromatic N) is 4. The molecule has 2 aromatic rings. The molecule has 0 radical (unpaired) electrons. The number of aryl methyl sites for hydroxylation is 1. The standard InChI is InChI=1S/C10H14N6O/c1-6-12-8(15-3-2-7(11)5-15)4-9-13-14-10(17)16(6)9/h4,7H,2-3,5,11H2,1H3,(H,14,17). The Balaban J connectivity index is 2.10. The maximum atomic E-state index is 11.5. The van der Waals surface area contributed by atoms with Crippen molar-refractivity contribution >= 4 is 11.5 Å². The molecule has 0 bridgehead atoms. The molecule has 7 nitrogen and oxygen atoms in total. The number of hydrogen-bond donors (Lipinski definition) is 2. The van der Waals surface area contributed by atoms with E-state index in [0.29, 0.717) is 11.5 Å². The third kappa shape index (κ3) is 1.59. The van der Waals surface area contributed by atoms with Gasteiger partial charge in [0.15, 0.2) is 5.65 Å². The quantitative estimate of drug-likeness (QED) is 0.678. The van der Waals surface area contributed by atoms with Crippen molar-refractivity contribution in [1.82, 2.24) is 19.6 Å². The topological polar surface area (TPSA) is 92.3 Å². The highest BCUT2D eigenvalue weighted by atomic mass is 16.1. The van der Waals surface area contributed by atoms with Crippen molar-refractivity contribution in [2.24, 2.45) is 5.73 Å². The van der Waals surface area contributed by atoms with E-state index < -0.39 is 0 Å². The number of fused-ring (bicyclic) bond motifs is 1. The highest BCUT2D eigenvalue weighted by molar-refractivity contribution is 5.52. The normalized spacial score (nSPS) is 20.4. The van der Waals surface area contributed by atoms with Crippen LogP contribution in [0, 0.1) is 6.92 Å². The van der Waals surface area contributed by atoms with Gasteiger partial charge >= 0.3 is 5.69 Å². The molecule has 1 aliphatic heterocycles. The van der Waals surface area contributed by atoms with E-state index in [1.807, 2.05) is 6.07 Å². The molecule has 2 aromatic heterocycles. The number of aromatic amines is 1. The first-order chi connectivity index (χ1) is 8.15. The van der Waals surface area contributed by atoms with Gasteiger partial charge in [0.25, 0.3) is 0 Å². The van der Waals surface area contributed by atoms with Gasteiger partial charge in [-0.25, -0.2) is 19.3 Å². The summed E-state index contributed by atoms with van der Waals surface area (Å²) in [6.45, 7) is 3.50. The maximum Gasteiger partial charge on any atom is 0.349 e. The van der Waals surface area contributed by atoms with E-state index in [-0.39, 0.29) is 11.7 Å². The van der Waals surface area contributed by atoms with Crippen molar-refractivity contribution in [3.63, 3.8) is 0 Å². The number of rotatable bonds is 1. The summed E-state index contributed by atoms with van der Waals surface area (Å²) in [5, 5.41) is 6.38. The molecule has 0 aliphatic carbocycles. The average Bonchev–Trinajstić information content (AvgIpc) is 2.86. The van der Waals surface area contributed by atoms with Crippen LogP contribution < -0.4 is 16.3 Å². The lowest BCUT2D eigenvalue weighted by Gasteiger charge is -2.17. The molecule has 0 amide bonds. The highest BCUT2D eigenvalue weighted by Crippen LogP contribution is 2.18. The van der Waals surface area contributed by atoms with Gasteiger partial charge in [0.2, 0.25) is 0 Å². The van der Waals surface area contributed by atoms with E-state index in [2.05, 4.69) is 20.1 Å². The Morgan fingerprint density at radius 1 is 1.59 bits per heavy atom. The second-order valence-electron chi connectivity index (χ2n) is 4.38. The third-order valence-electron chi connectivity index (χ3n) is 3.11. The van der Waals surface area contributed by atoms with Crippen molar-refractivity contribution in [2.45, 2.75) is 19.4 Å². The first-order valence-corrected chi connectivity index (χ1v) is 5.60. The van der Waals surface area contributed by atoms with Crippen LogP contribution in [0.1, 0.15) is 12.2 Å². The number of nitrogens with two attached hydrogens (primary N) is 1. The number of nitrogens with one attached hydrogen (secondary N) is 1. The zero-order chi connectivity index (χ0) is 12.0. The summed E-state index contributed by atoms with van der Waals surface area (Å²) < 4.78 is 1.46. The average molecular weight is 234 g/mol. The molecule has 3 rings (SSSR count). The Kier molecular flexibility index (Phi) is 2.15. The highest BCUT2D eigenvalue weighted by Gasteiger charge is 2.21. The van der Waals surface area contributed by atoms with Crippen LogP contribution in [-0.2, 0) is 0 Å². The molecular weight excluding hydrogens is 220 g/mol. The fourth-order valence-corrected chi connectivity index (χ4v) is 2.24. The van der Waals surface area contributed by atoms with Crippen molar-refractivity contribution < 1.29 is 0 Å². The van der Waals surface area contributed by atoms with E-state index in [9.17, 15) is 4.79 Å². The molecule has 1 unspecified atom stereocenters. The largest absolute Gasteiger partial charge is 0.355 e. The lowest BCUT2D eigenvalue weighted by atomic mass is 10.3. The van der Waals surface area contributed by atoms with E-state index in [1.165, 1.54) is 4.40 Å². The van der Waals surface area contributed by atoms with Crippen LogP contribution in [0.25, 0.3) is 5.65 Å². The Labute approximate surface area is 97.3 Å². The SMILES string of the molecule is Cc1nc(N2CCC(N)C2)cc2n[nH]c(=O)n12. The molecule has 0 spiro atoms. The van der Waals surface area contributed by atoms with E-state index in [0.717, 1.165) is 25.3 Å². The molecule has 3 heterocycles. The fraction of sp³-hybridized carbons (Fsp3) is 0.500. The zero-order valence-electron chi connectivity index (χ0n) is 9.55. The van der Waals surface area contributed by atoms with Gasteiger partial charge < -0.3 is 10.6 Å². The van der Waals surface area contributed by atoms with E-state index in [4.69, 9.17) is 5.73 Å². The minimum atomic E-state index is -0.255. The Morgan fingerprint density at radius 2 is 2.41 bits per heavy atom. The van der Waals surface area contributed by atoms with Gasteiger partial charge in [0.05, 0.1) is 0 Å². The number of anilines is 1. The van der Waals surface area contributed by atoms with Crippen molar-refractivity contribution in [2.75, 3.05) is 18.0 Å². The van der Waals surface area contributed by atoms with Gasteiger partial charge in [-0.05, 0) is 13.3 Å². The molecule has 3 N–H and O–H groups in total. The van der Waals surface area contributed by atoms with Gasteiger partial charge in [0, 0.05) is 25.2 Å². The molecule has 17 heavy (non-hydrogen) atoms. The summed E-state index contributed by atoms with van der Waals surface area (Å²) in [4.78, 5) is 18.0. The van der Waals surface area contributed by atoms with Crippen molar-refractivity contribution in [3.8, 4) is 0 Å². The molecule has 1 atom stereocenters. The number of aromatic nitrogens is 4. The predicted molar refractivity (Wildman–Crippen MR) is 63.2 cm³/mol. The Hall–Kier alpha value is -1.89. The molecule has 7 heteroatoms. The van der Waals surface area contributed by atoms with E-state index in [1.54, 1.807) is 6.92 Å². The van der Waals surface area contributed by atoms with Gasteiger partial charge in [-0.2, -0.15) is 5.10 Å². The van der Waals surface area contributed by atoms with Crippen molar-refractivity contribution in [1.29, 1.82) is 0 Å². The smallest absolute Gasteiger partial charge is 0.349 e. The van der Waals surface area contributed by atoms with Crippen LogP contribution in [0.4, 0.5) is 5.82 Å². The van der Waals surface area contributed by atoms with Gasteiger partial charge in [0.1, 0.15) is 11.6 Å². The van der Waals surface area contributed by atoms with Gasteiger partial charge in [-0.15, -0.1) is 0 Å². The summed E-state index contributed by atoms with van der Waals surface area (Å²) in [6.07, 6.45) is 0.972. The number of hydrogen-bond acceptors (Lipinski definition) is 5. The monoisotopic (exact) mass is 234 g/mol. The first kappa shape index (κ1) is 10.3. The van der Waals surface area contributed by atoms with Crippen LogP contribution >= 0.6 is 0 Å². The summed E-state index contributed by atoms with van der Waals surface area (Å²) in [6, 6.07) is 2.01. The van der Waals surface area contributed by atoms with Crippen LogP contribution in [0.2, 0.25) is 0 Å². The molecule has 0 aromatic carbocycles. The van der Waals surface area contributed by atoms with Crippen LogP contribution in [0.3, 0.4) is 0 Å². The van der Waals surface area contributed by atoms with E-state index >= 15 is 0 Å². The lowest BCUT2D eigenvalue weighted by Crippen LogP contribution is -2.27. The fourth-order valence-electron chi connectivity index (χ4n) is 2.24. The summed E-state index contributed by atoms with van der Waals surface area (Å²) >= 11 is 0. The van der Waals surface area contributed by atoms with Crippen molar-refractivity contribution in [3.05, 3.63) is 22.4 Å². The zero-order valence-corrected chi connectivity index (χ0v) is 9.55. The molecule has 1 fully saturated rings. The summed E-state index contributed by atoms with van der Waals surface area (Å²) in [7, 11) is 0. The molecule has 1 saturated heterocycles. The molecule has 1 aliphatic rings. The predicted octanol–water partition coefficient (Wildman–Crippen LogP) is -0.737. The van der Waals surface area contributed by atoms with Gasteiger partial charge in [-0.1, -0.05) is 0 Å². The minimum absolute atomic E-state index is 0.203. The summed E-state index contributed by atoms with van der Waals surface area (Å²) in [5.74, 6) is 1.47. The summed E-state index contributed by atoms with van der Waals surface area (Å²) in [5.41, 5.74) is 6.21. The lowest BCUT2D eigenvalue weighted by molar-refractivity contribution is 0.751. The first-order valence-electron chi connectivity index (χ1n) is 5.60. The van der Waals surface area contributed by atoms with Crippen LogP contribution in [0.5, 0.6) is 0 Å². The maximum absolute atomic E-state index is 11.5. The minimum Gasteiger partial charge on any atom is -0.355 e. The third-order valence-corrected chi connectivity index (χ3v) is 3.11. The second-order valence-corrected chi connectivity index (χ2v) is 4.38. The Bertz CT molecular complexity index is 615. The van der Waals surface area contributed by atoms with Crippen LogP contribution in [-0.4, -0.2) is 38.7 Å². The number of H-pyrrole nitrogens is 1. The Morgan fingerprint density at radius 3 is 3.12 bits per heavy atom. The van der Waals surface area contributed by atoms with Crippen LogP contribution in [0.15, 0.2) is 10.9 Å².